The summed E-state index contributed by atoms with van der Waals surface area (Å²) in [7, 11) is 0. The normalized spacial score (nSPS) is 11.4. The molecule has 0 spiro atoms. The molecule has 10 heteroatoms. The summed E-state index contributed by atoms with van der Waals surface area (Å²) in [5.74, 6) is 1.16. The number of rotatable bonds is 5. The summed E-state index contributed by atoms with van der Waals surface area (Å²) in [6.45, 7) is 1.77. The molecule has 0 radical (unpaired) electrons. The first kappa shape index (κ1) is 17.8. The van der Waals surface area contributed by atoms with Gasteiger partial charge in [0.05, 0.1) is 6.20 Å². The molecule has 1 aromatic carbocycles. The minimum absolute atomic E-state index is 0.0676. The van der Waals surface area contributed by atoms with Crippen molar-refractivity contribution in [1.29, 1.82) is 0 Å². The van der Waals surface area contributed by atoms with Crippen LogP contribution in [0.1, 0.15) is 22.8 Å². The number of nitrogens with zero attached hydrogens (tertiary/aromatic N) is 6. The van der Waals surface area contributed by atoms with Crippen molar-refractivity contribution in [2.75, 3.05) is 0 Å². The Morgan fingerprint density at radius 2 is 2.07 bits per heavy atom. The second kappa shape index (κ2) is 7.57. The monoisotopic (exact) mass is 395 g/mol. The second-order valence-corrected chi connectivity index (χ2v) is 6.35. The standard InChI is InChI=1S/C18H14ClN7O2/c1-11-14(17-20-10-21-24-17)8-22-26(18(11)27)9-16-23-15(25-28-16)7-4-12-2-5-13(19)6-3-12/h2-8,10H,9H2,1H3,(H,20,21,24)/b7-4+. The molecule has 3 aromatic heterocycles. The lowest BCUT2D eigenvalue weighted by molar-refractivity contribution is 0.361. The topological polar surface area (TPSA) is 115 Å². The van der Waals surface area contributed by atoms with Crippen molar-refractivity contribution in [3.63, 3.8) is 0 Å². The number of benzene rings is 1. The first-order chi connectivity index (χ1) is 13.6. The van der Waals surface area contributed by atoms with Gasteiger partial charge in [-0.25, -0.2) is 9.67 Å². The molecule has 0 saturated carbocycles. The van der Waals surface area contributed by atoms with E-state index in [1.54, 1.807) is 31.3 Å². The second-order valence-electron chi connectivity index (χ2n) is 5.91. The molecule has 0 bridgehead atoms. The first-order valence-electron chi connectivity index (χ1n) is 8.29. The van der Waals surface area contributed by atoms with Crippen molar-refractivity contribution in [3.8, 4) is 11.4 Å². The van der Waals surface area contributed by atoms with Crippen LogP contribution in [0.15, 0.2) is 46.1 Å². The van der Waals surface area contributed by atoms with Gasteiger partial charge in [-0.3, -0.25) is 9.89 Å². The predicted octanol–water partition coefficient (Wildman–Crippen LogP) is 2.59. The summed E-state index contributed by atoms with van der Waals surface area (Å²) < 4.78 is 6.47. The zero-order chi connectivity index (χ0) is 19.5. The van der Waals surface area contributed by atoms with Gasteiger partial charge in [0.2, 0.25) is 5.89 Å². The lowest BCUT2D eigenvalue weighted by atomic mass is 10.2. The molecule has 0 aliphatic heterocycles. The Kier molecular flexibility index (Phi) is 4.81. The zero-order valence-corrected chi connectivity index (χ0v) is 15.5. The third-order valence-corrected chi connectivity index (χ3v) is 4.27. The lowest BCUT2D eigenvalue weighted by Crippen LogP contribution is -2.26. The van der Waals surface area contributed by atoms with Crippen molar-refractivity contribution in [1.82, 2.24) is 35.1 Å². The molecule has 9 nitrogen and oxygen atoms in total. The van der Waals surface area contributed by atoms with Gasteiger partial charge in [-0.05, 0) is 30.7 Å². The fourth-order valence-corrected chi connectivity index (χ4v) is 2.67. The Hall–Kier alpha value is -3.59. The van der Waals surface area contributed by atoms with Gasteiger partial charge in [0.1, 0.15) is 12.9 Å². The van der Waals surface area contributed by atoms with E-state index in [1.807, 2.05) is 18.2 Å². The molecular weight excluding hydrogens is 382 g/mol. The maximum Gasteiger partial charge on any atom is 0.270 e. The Labute approximate surface area is 163 Å². The highest BCUT2D eigenvalue weighted by molar-refractivity contribution is 6.30. The molecule has 4 aromatic rings. The third-order valence-electron chi connectivity index (χ3n) is 4.02. The molecule has 0 saturated heterocycles. The van der Waals surface area contributed by atoms with Crippen LogP contribution < -0.4 is 5.56 Å². The van der Waals surface area contributed by atoms with Crippen LogP contribution in [0.2, 0.25) is 5.02 Å². The number of halogens is 1. The summed E-state index contributed by atoms with van der Waals surface area (Å²) >= 11 is 5.87. The average Bonchev–Trinajstić information content (AvgIpc) is 3.37. The van der Waals surface area contributed by atoms with E-state index in [-0.39, 0.29) is 18.0 Å². The summed E-state index contributed by atoms with van der Waals surface area (Å²) in [4.78, 5) is 20.9. The fraction of sp³-hybridized carbons (Fsp3) is 0.111. The molecule has 0 aliphatic carbocycles. The molecule has 1 N–H and O–H groups in total. The van der Waals surface area contributed by atoms with E-state index in [4.69, 9.17) is 16.1 Å². The summed E-state index contributed by atoms with van der Waals surface area (Å²) in [5, 5.41) is 15.2. The molecule has 0 aliphatic rings. The fourth-order valence-electron chi connectivity index (χ4n) is 2.54. The van der Waals surface area contributed by atoms with E-state index in [9.17, 15) is 4.79 Å². The van der Waals surface area contributed by atoms with Gasteiger partial charge < -0.3 is 4.52 Å². The van der Waals surface area contributed by atoms with Gasteiger partial charge in [0.15, 0.2) is 11.6 Å². The molecule has 0 fully saturated rings. The number of nitrogens with one attached hydrogen (secondary N) is 1. The van der Waals surface area contributed by atoms with Gasteiger partial charge >= 0.3 is 0 Å². The Morgan fingerprint density at radius 1 is 1.25 bits per heavy atom. The average molecular weight is 396 g/mol. The van der Waals surface area contributed by atoms with Gasteiger partial charge in [0, 0.05) is 16.1 Å². The van der Waals surface area contributed by atoms with Crippen molar-refractivity contribution in [3.05, 3.63) is 75.0 Å². The van der Waals surface area contributed by atoms with Crippen molar-refractivity contribution in [2.45, 2.75) is 13.5 Å². The molecule has 0 amide bonds. The highest BCUT2D eigenvalue weighted by Gasteiger charge is 2.13. The van der Waals surface area contributed by atoms with Gasteiger partial charge in [-0.2, -0.15) is 15.2 Å². The highest BCUT2D eigenvalue weighted by atomic mass is 35.5. The van der Waals surface area contributed by atoms with Crippen LogP contribution in [-0.4, -0.2) is 35.1 Å². The molecule has 0 unspecified atom stereocenters. The highest BCUT2D eigenvalue weighted by Crippen LogP contribution is 2.14. The Bertz CT molecular complexity index is 1180. The molecule has 0 atom stereocenters. The number of aromatic nitrogens is 7. The number of hydrogen-bond donors (Lipinski definition) is 1. The van der Waals surface area contributed by atoms with E-state index in [2.05, 4.69) is 30.4 Å². The van der Waals surface area contributed by atoms with E-state index in [0.717, 1.165) is 5.56 Å². The predicted molar refractivity (Wildman–Crippen MR) is 102 cm³/mol. The summed E-state index contributed by atoms with van der Waals surface area (Å²) in [5.41, 5.74) is 1.77. The molecule has 28 heavy (non-hydrogen) atoms. The van der Waals surface area contributed by atoms with Crippen LogP contribution in [0.4, 0.5) is 0 Å². The van der Waals surface area contributed by atoms with Crippen LogP contribution in [0, 0.1) is 6.92 Å². The van der Waals surface area contributed by atoms with Crippen LogP contribution >= 0.6 is 11.6 Å². The van der Waals surface area contributed by atoms with E-state index in [1.165, 1.54) is 11.0 Å². The first-order valence-corrected chi connectivity index (χ1v) is 8.66. The van der Waals surface area contributed by atoms with Gasteiger partial charge in [-0.15, -0.1) is 0 Å². The van der Waals surface area contributed by atoms with Crippen LogP contribution in [0.25, 0.3) is 23.5 Å². The number of H-pyrrole nitrogens is 1. The molecule has 4 rings (SSSR count). The number of aromatic amines is 1. The minimum atomic E-state index is -0.273. The van der Waals surface area contributed by atoms with Crippen LogP contribution in [0.5, 0.6) is 0 Å². The van der Waals surface area contributed by atoms with Crippen molar-refractivity contribution < 1.29 is 4.52 Å². The van der Waals surface area contributed by atoms with Crippen molar-refractivity contribution >= 4 is 23.8 Å². The summed E-state index contributed by atoms with van der Waals surface area (Å²) in [6.07, 6.45) is 6.48. The number of hydrogen-bond acceptors (Lipinski definition) is 7. The third kappa shape index (κ3) is 3.74. The van der Waals surface area contributed by atoms with E-state index in [0.29, 0.717) is 27.8 Å². The quantitative estimate of drug-likeness (QED) is 0.552. The Balaban J connectivity index is 1.52. The molecule has 3 heterocycles. The van der Waals surface area contributed by atoms with Gasteiger partial charge in [-0.1, -0.05) is 35.0 Å². The van der Waals surface area contributed by atoms with Crippen LogP contribution in [0.3, 0.4) is 0 Å². The Morgan fingerprint density at radius 3 is 2.82 bits per heavy atom. The summed E-state index contributed by atoms with van der Waals surface area (Å²) in [6, 6.07) is 7.35. The minimum Gasteiger partial charge on any atom is -0.337 e. The van der Waals surface area contributed by atoms with Gasteiger partial charge in [0.25, 0.3) is 5.56 Å². The zero-order valence-electron chi connectivity index (χ0n) is 14.7. The lowest BCUT2D eigenvalue weighted by Gasteiger charge is -2.05. The SMILES string of the molecule is Cc1c(-c2ncn[nH]2)cnn(Cc2nc(/C=C/c3ccc(Cl)cc3)no2)c1=O. The molecule has 140 valence electrons. The maximum absolute atomic E-state index is 12.6. The van der Waals surface area contributed by atoms with Crippen LogP contribution in [-0.2, 0) is 6.54 Å². The largest absolute Gasteiger partial charge is 0.337 e. The smallest absolute Gasteiger partial charge is 0.270 e. The van der Waals surface area contributed by atoms with E-state index >= 15 is 0 Å². The molecular formula is C18H14ClN7O2. The maximum atomic E-state index is 12.6. The van der Waals surface area contributed by atoms with Crippen molar-refractivity contribution in [2.24, 2.45) is 0 Å². The van der Waals surface area contributed by atoms with E-state index < -0.39 is 0 Å².